The largest absolute Gasteiger partial charge is 0.396 e. The van der Waals surface area contributed by atoms with Crippen LogP contribution < -0.4 is 5.73 Å². The van der Waals surface area contributed by atoms with Gasteiger partial charge in [-0.3, -0.25) is 0 Å². The van der Waals surface area contributed by atoms with Crippen LogP contribution in [0.5, 0.6) is 0 Å². The molecule has 3 N–H and O–H groups in total. The average Bonchev–Trinajstić information content (AvgIpc) is 2.20. The first-order chi connectivity index (χ1) is 6.88. The minimum Gasteiger partial charge on any atom is -0.396 e. The molecular weight excluding hydrogens is 343 g/mol. The van der Waals surface area contributed by atoms with E-state index in [9.17, 15) is 9.50 Å². The van der Waals surface area contributed by atoms with Crippen molar-refractivity contribution in [2.75, 3.05) is 6.61 Å². The summed E-state index contributed by atoms with van der Waals surface area (Å²) in [6.45, 7) is 3.56. The number of aliphatic hydroxyl groups is 1. The second kappa shape index (κ2) is 6.14. The number of rotatable bonds is 3. The highest BCUT2D eigenvalue weighted by atomic mass is 127. The minimum atomic E-state index is -0.523. The first-order valence-electron chi connectivity index (χ1n) is 4.70. The molecule has 0 radical (unpaired) electrons. The van der Waals surface area contributed by atoms with Gasteiger partial charge in [-0.1, -0.05) is 13.8 Å². The first-order valence-corrected chi connectivity index (χ1v) is 5.78. The molecule has 1 aromatic carbocycles. The molecule has 0 spiro atoms. The molecule has 0 aliphatic carbocycles. The molecule has 0 unspecified atom stereocenters. The van der Waals surface area contributed by atoms with Crippen molar-refractivity contribution < 1.29 is 9.50 Å². The molecule has 0 heterocycles. The van der Waals surface area contributed by atoms with Gasteiger partial charge in [-0.05, 0) is 40.8 Å². The fraction of sp³-hybridized carbons (Fsp3) is 0.455. The zero-order valence-electron chi connectivity index (χ0n) is 9.21. The van der Waals surface area contributed by atoms with Crippen LogP contribution in [0.25, 0.3) is 0 Å². The Balaban J connectivity index is 0.00000225. The smallest absolute Gasteiger partial charge is 0.128 e. The van der Waals surface area contributed by atoms with Gasteiger partial charge in [-0.15, -0.1) is 12.4 Å². The Kier molecular flexibility index (Phi) is 6.17. The predicted octanol–water partition coefficient (Wildman–Crippen LogP) is 2.87. The topological polar surface area (TPSA) is 46.2 Å². The van der Waals surface area contributed by atoms with E-state index in [-0.39, 0.29) is 24.8 Å². The van der Waals surface area contributed by atoms with Crippen LogP contribution in [-0.2, 0) is 0 Å². The lowest BCUT2D eigenvalue weighted by atomic mass is 9.82. The summed E-state index contributed by atoms with van der Waals surface area (Å²) < 4.78 is 14.5. The predicted molar refractivity (Wildman–Crippen MR) is 74.2 cm³/mol. The average molecular weight is 360 g/mol. The van der Waals surface area contributed by atoms with Crippen molar-refractivity contribution in [3.8, 4) is 0 Å². The highest BCUT2D eigenvalue weighted by Crippen LogP contribution is 2.32. The van der Waals surface area contributed by atoms with E-state index < -0.39 is 11.5 Å². The number of halogens is 3. The van der Waals surface area contributed by atoms with Crippen LogP contribution in [0.15, 0.2) is 18.2 Å². The van der Waals surface area contributed by atoms with Gasteiger partial charge in [0.05, 0.1) is 0 Å². The van der Waals surface area contributed by atoms with E-state index in [1.807, 2.05) is 13.8 Å². The second-order valence-corrected chi connectivity index (χ2v) is 5.54. The highest BCUT2D eigenvalue weighted by molar-refractivity contribution is 14.1. The van der Waals surface area contributed by atoms with E-state index in [2.05, 4.69) is 22.6 Å². The zero-order chi connectivity index (χ0) is 11.6. The van der Waals surface area contributed by atoms with Gasteiger partial charge in [0.1, 0.15) is 5.82 Å². The SMILES string of the molecule is CC(C)(CO)[C@@H](N)c1cc(I)ccc1F.Cl. The van der Waals surface area contributed by atoms with Crippen LogP contribution >= 0.6 is 35.0 Å². The quantitative estimate of drug-likeness (QED) is 0.815. The lowest BCUT2D eigenvalue weighted by Crippen LogP contribution is -2.33. The molecule has 92 valence electrons. The van der Waals surface area contributed by atoms with Gasteiger partial charge < -0.3 is 10.8 Å². The molecule has 0 bridgehead atoms. The Morgan fingerprint density at radius 3 is 2.56 bits per heavy atom. The van der Waals surface area contributed by atoms with E-state index in [0.29, 0.717) is 5.56 Å². The summed E-state index contributed by atoms with van der Waals surface area (Å²) in [5.41, 5.74) is 5.89. The van der Waals surface area contributed by atoms with Crippen molar-refractivity contribution in [3.05, 3.63) is 33.1 Å². The molecule has 2 nitrogen and oxygen atoms in total. The van der Waals surface area contributed by atoms with E-state index in [0.717, 1.165) is 3.57 Å². The molecule has 0 saturated carbocycles. The summed E-state index contributed by atoms with van der Waals surface area (Å²) in [5, 5.41) is 9.18. The fourth-order valence-corrected chi connectivity index (χ4v) is 1.79. The van der Waals surface area contributed by atoms with Crippen LogP contribution in [-0.4, -0.2) is 11.7 Å². The standard InChI is InChI=1S/C11H15FINO.ClH/c1-11(2,6-15)10(14)8-5-7(13)3-4-9(8)12;/h3-5,10,15H,6,14H2,1-2H3;1H/t10-;/m0./s1. The number of nitrogens with two attached hydrogens (primary N) is 1. The Labute approximate surface area is 115 Å². The van der Waals surface area contributed by atoms with Crippen LogP contribution in [0, 0.1) is 14.8 Å². The maximum Gasteiger partial charge on any atom is 0.128 e. The summed E-state index contributed by atoms with van der Waals surface area (Å²) in [7, 11) is 0. The molecule has 0 aliphatic rings. The first kappa shape index (κ1) is 16.1. The molecule has 0 aromatic heterocycles. The Hall–Kier alpha value is 0.0900. The highest BCUT2D eigenvalue weighted by Gasteiger charge is 2.28. The molecule has 5 heteroatoms. The lowest BCUT2D eigenvalue weighted by molar-refractivity contribution is 0.131. The molecule has 0 amide bonds. The Morgan fingerprint density at radius 1 is 1.50 bits per heavy atom. The number of hydrogen-bond donors (Lipinski definition) is 2. The molecular formula is C11H16ClFINO. The van der Waals surface area contributed by atoms with Crippen LogP contribution in [0.2, 0.25) is 0 Å². The van der Waals surface area contributed by atoms with Crippen molar-refractivity contribution >= 4 is 35.0 Å². The van der Waals surface area contributed by atoms with Crippen molar-refractivity contribution in [3.63, 3.8) is 0 Å². The van der Waals surface area contributed by atoms with Gasteiger partial charge in [-0.25, -0.2) is 4.39 Å². The van der Waals surface area contributed by atoms with Gasteiger partial charge in [0, 0.05) is 27.2 Å². The van der Waals surface area contributed by atoms with E-state index in [1.54, 1.807) is 12.1 Å². The molecule has 0 saturated heterocycles. The van der Waals surface area contributed by atoms with Gasteiger partial charge in [0.25, 0.3) is 0 Å². The molecule has 0 fully saturated rings. The van der Waals surface area contributed by atoms with Crippen molar-refractivity contribution in [2.45, 2.75) is 19.9 Å². The Bertz CT molecular complexity index is 360. The van der Waals surface area contributed by atoms with E-state index >= 15 is 0 Å². The molecule has 1 aromatic rings. The van der Waals surface area contributed by atoms with Crippen LogP contribution in [0.1, 0.15) is 25.5 Å². The van der Waals surface area contributed by atoms with E-state index in [4.69, 9.17) is 5.73 Å². The Morgan fingerprint density at radius 2 is 2.06 bits per heavy atom. The van der Waals surface area contributed by atoms with E-state index in [1.165, 1.54) is 6.07 Å². The van der Waals surface area contributed by atoms with Gasteiger partial charge in [0.2, 0.25) is 0 Å². The summed E-state index contributed by atoms with van der Waals surface area (Å²) in [5.74, 6) is -0.315. The summed E-state index contributed by atoms with van der Waals surface area (Å²) in [6.07, 6.45) is 0. The van der Waals surface area contributed by atoms with Gasteiger partial charge >= 0.3 is 0 Å². The van der Waals surface area contributed by atoms with Gasteiger partial charge in [0.15, 0.2) is 0 Å². The molecule has 1 atom stereocenters. The van der Waals surface area contributed by atoms with Crippen molar-refractivity contribution in [2.24, 2.45) is 11.1 Å². The third kappa shape index (κ3) is 3.55. The number of benzene rings is 1. The fourth-order valence-electron chi connectivity index (χ4n) is 1.27. The van der Waals surface area contributed by atoms with Crippen LogP contribution in [0.3, 0.4) is 0 Å². The van der Waals surface area contributed by atoms with Gasteiger partial charge in [-0.2, -0.15) is 0 Å². The zero-order valence-corrected chi connectivity index (χ0v) is 12.2. The summed E-state index contributed by atoms with van der Waals surface area (Å²) in [6, 6.07) is 4.32. The lowest BCUT2D eigenvalue weighted by Gasteiger charge is -2.30. The number of hydrogen-bond acceptors (Lipinski definition) is 2. The van der Waals surface area contributed by atoms with Crippen molar-refractivity contribution in [1.29, 1.82) is 0 Å². The molecule has 0 aliphatic heterocycles. The monoisotopic (exact) mass is 359 g/mol. The number of aliphatic hydroxyl groups excluding tert-OH is 1. The maximum absolute atomic E-state index is 13.5. The summed E-state index contributed by atoms with van der Waals surface area (Å²) >= 11 is 2.11. The van der Waals surface area contributed by atoms with Crippen LogP contribution in [0.4, 0.5) is 4.39 Å². The third-order valence-electron chi connectivity index (χ3n) is 2.54. The molecule has 1 rings (SSSR count). The third-order valence-corrected chi connectivity index (χ3v) is 3.21. The van der Waals surface area contributed by atoms with Crippen molar-refractivity contribution in [1.82, 2.24) is 0 Å². The summed E-state index contributed by atoms with van der Waals surface area (Å²) in [4.78, 5) is 0. The maximum atomic E-state index is 13.5. The minimum absolute atomic E-state index is 0. The molecule has 16 heavy (non-hydrogen) atoms. The second-order valence-electron chi connectivity index (χ2n) is 4.29. The normalized spacial score (nSPS) is 13.1.